The van der Waals surface area contributed by atoms with Crippen LogP contribution < -0.4 is 0 Å². The molecule has 0 aromatic heterocycles. The molecule has 0 aliphatic carbocycles. The van der Waals surface area contributed by atoms with E-state index in [4.69, 9.17) is 0 Å². The van der Waals surface area contributed by atoms with Crippen LogP contribution in [0.25, 0.3) is 0 Å². The predicted molar refractivity (Wildman–Crippen MR) is 85.8 cm³/mol. The molecular weight excluding hydrogens is 358 g/mol. The number of aliphatic hydroxyl groups excluding tert-OH is 1. The topological polar surface area (TPSA) is 20.2 Å². The van der Waals surface area contributed by atoms with Gasteiger partial charge < -0.3 is 5.11 Å². The van der Waals surface area contributed by atoms with E-state index < -0.39 is 46.2 Å². The van der Waals surface area contributed by atoms with Gasteiger partial charge >= 0.3 is 0 Å². The number of alkyl halides is 6. The Morgan fingerprint density at radius 3 is 1.00 bits per heavy atom. The van der Waals surface area contributed by atoms with E-state index in [2.05, 4.69) is 0 Å². The molecule has 0 spiro atoms. The lowest BCUT2D eigenvalue weighted by atomic mass is 9.91. The van der Waals surface area contributed by atoms with Gasteiger partial charge in [0.15, 0.2) is 0 Å². The highest BCUT2D eigenvalue weighted by Gasteiger charge is 2.20. The Labute approximate surface area is 147 Å². The van der Waals surface area contributed by atoms with Crippen molar-refractivity contribution in [2.75, 3.05) is 0 Å². The number of halogens is 6. The summed E-state index contributed by atoms with van der Waals surface area (Å²) in [4.78, 5) is 0. The fourth-order valence-electron chi connectivity index (χ4n) is 2.98. The van der Waals surface area contributed by atoms with Crippen molar-refractivity contribution in [3.63, 3.8) is 0 Å². The summed E-state index contributed by atoms with van der Waals surface area (Å²) in [7, 11) is 0. The summed E-state index contributed by atoms with van der Waals surface area (Å²) in [5, 5.41) is 10.5. The number of benzene rings is 2. The lowest BCUT2D eigenvalue weighted by Gasteiger charge is -2.19. The molecule has 0 amide bonds. The van der Waals surface area contributed by atoms with E-state index in [0.29, 0.717) is 0 Å². The quantitative estimate of drug-likeness (QED) is 0.596. The molecule has 2 aromatic rings. The average Bonchev–Trinajstić information content (AvgIpc) is 2.70. The van der Waals surface area contributed by atoms with Crippen molar-refractivity contribution in [1.82, 2.24) is 0 Å². The van der Waals surface area contributed by atoms with Crippen LogP contribution in [0.2, 0.25) is 0 Å². The minimum atomic E-state index is -1.46. The van der Waals surface area contributed by atoms with Gasteiger partial charge in [-0.15, -0.1) is 0 Å². The zero-order valence-electron chi connectivity index (χ0n) is 13.8. The fourth-order valence-corrected chi connectivity index (χ4v) is 2.98. The standard InChI is InChI=1S/C19H18F6O/c20-5-13-1-11(2-14(6-21)17(13)9-24)19(26)12-3-15(7-22)18(10-25)16(4-12)8-23/h1-4,19,26H,5-10H2. The van der Waals surface area contributed by atoms with Crippen molar-refractivity contribution >= 4 is 0 Å². The molecule has 0 saturated carbocycles. The van der Waals surface area contributed by atoms with Crippen molar-refractivity contribution in [3.05, 3.63) is 68.8 Å². The van der Waals surface area contributed by atoms with Crippen LogP contribution >= 0.6 is 0 Å². The van der Waals surface area contributed by atoms with E-state index in [1.165, 1.54) is 24.3 Å². The minimum absolute atomic E-state index is 0.0603. The molecule has 142 valence electrons. The molecule has 1 nitrogen and oxygen atoms in total. The van der Waals surface area contributed by atoms with Crippen molar-refractivity contribution in [2.45, 2.75) is 46.2 Å². The van der Waals surface area contributed by atoms with Crippen LogP contribution in [0.1, 0.15) is 50.6 Å². The monoisotopic (exact) mass is 376 g/mol. The van der Waals surface area contributed by atoms with Crippen LogP contribution in [0.5, 0.6) is 0 Å². The van der Waals surface area contributed by atoms with Gasteiger partial charge in [0.05, 0.1) is 0 Å². The molecular formula is C19H18F6O. The summed E-state index contributed by atoms with van der Waals surface area (Å²) < 4.78 is 78.7. The highest BCUT2D eigenvalue weighted by Crippen LogP contribution is 2.31. The van der Waals surface area contributed by atoms with Crippen LogP contribution in [0.15, 0.2) is 24.3 Å². The lowest BCUT2D eigenvalue weighted by molar-refractivity contribution is 0.219. The Morgan fingerprint density at radius 1 is 0.538 bits per heavy atom. The summed E-state index contributed by atoms with van der Waals surface area (Å²) in [6, 6.07) is 4.75. The molecule has 26 heavy (non-hydrogen) atoms. The van der Waals surface area contributed by atoms with E-state index in [1.54, 1.807) is 0 Å². The van der Waals surface area contributed by atoms with E-state index in [-0.39, 0.29) is 44.5 Å². The summed E-state index contributed by atoms with van der Waals surface area (Å²) >= 11 is 0. The maximum Gasteiger partial charge on any atom is 0.115 e. The first-order valence-corrected chi connectivity index (χ1v) is 7.87. The van der Waals surface area contributed by atoms with Gasteiger partial charge in [0, 0.05) is 0 Å². The molecule has 0 saturated heterocycles. The van der Waals surface area contributed by atoms with E-state index in [9.17, 15) is 31.4 Å². The maximum absolute atomic E-state index is 13.2. The number of rotatable bonds is 8. The zero-order valence-corrected chi connectivity index (χ0v) is 13.8. The number of hydrogen-bond donors (Lipinski definition) is 1. The van der Waals surface area contributed by atoms with Crippen LogP contribution in [0.3, 0.4) is 0 Å². The van der Waals surface area contributed by atoms with Crippen LogP contribution in [0.4, 0.5) is 26.3 Å². The van der Waals surface area contributed by atoms with Crippen molar-refractivity contribution in [3.8, 4) is 0 Å². The van der Waals surface area contributed by atoms with Crippen molar-refractivity contribution < 1.29 is 31.4 Å². The molecule has 2 rings (SSSR count). The third-order valence-electron chi connectivity index (χ3n) is 4.39. The van der Waals surface area contributed by atoms with Gasteiger partial charge in [-0.05, 0) is 68.8 Å². The van der Waals surface area contributed by atoms with Crippen LogP contribution in [-0.2, 0) is 40.0 Å². The first-order valence-electron chi connectivity index (χ1n) is 7.87. The van der Waals surface area contributed by atoms with Gasteiger partial charge in [-0.2, -0.15) is 0 Å². The van der Waals surface area contributed by atoms with Gasteiger partial charge in [-0.25, -0.2) is 26.3 Å². The molecule has 1 N–H and O–H groups in total. The first kappa shape index (κ1) is 20.3. The molecule has 0 atom stereocenters. The molecule has 0 bridgehead atoms. The lowest BCUT2D eigenvalue weighted by Crippen LogP contribution is -2.07. The molecule has 0 fully saturated rings. The molecule has 0 radical (unpaired) electrons. The molecule has 2 aromatic carbocycles. The molecule has 0 aliphatic heterocycles. The Hall–Kier alpha value is -2.02. The van der Waals surface area contributed by atoms with Gasteiger partial charge in [0.25, 0.3) is 0 Å². The maximum atomic E-state index is 13.2. The minimum Gasteiger partial charge on any atom is -0.384 e. The first-order chi connectivity index (χ1) is 12.5. The van der Waals surface area contributed by atoms with Gasteiger partial charge in [0.1, 0.15) is 46.2 Å². The summed E-state index contributed by atoms with van der Waals surface area (Å²) in [6.45, 7) is -6.34. The number of hydrogen-bond acceptors (Lipinski definition) is 1. The largest absolute Gasteiger partial charge is 0.384 e. The molecule has 0 heterocycles. The zero-order chi connectivity index (χ0) is 19.3. The molecule has 0 aliphatic rings. The SMILES string of the molecule is OC(c1cc(CF)c(CF)c(CF)c1)c1cc(CF)c(CF)c(CF)c1. The van der Waals surface area contributed by atoms with E-state index in [1.807, 2.05) is 0 Å². The Morgan fingerprint density at radius 2 is 0.808 bits per heavy atom. The highest BCUT2D eigenvalue weighted by molar-refractivity contribution is 5.45. The van der Waals surface area contributed by atoms with Crippen molar-refractivity contribution in [1.29, 1.82) is 0 Å². The molecule has 7 heteroatoms. The summed E-state index contributed by atoms with van der Waals surface area (Å²) in [6.07, 6.45) is -1.46. The van der Waals surface area contributed by atoms with Gasteiger partial charge in [-0.1, -0.05) is 0 Å². The highest BCUT2D eigenvalue weighted by atomic mass is 19.1. The number of aliphatic hydroxyl groups is 1. The second kappa shape index (κ2) is 9.07. The van der Waals surface area contributed by atoms with Crippen LogP contribution in [0, 0.1) is 0 Å². The van der Waals surface area contributed by atoms with Crippen molar-refractivity contribution in [2.24, 2.45) is 0 Å². The second-order valence-corrected chi connectivity index (χ2v) is 5.84. The summed E-state index contributed by atoms with van der Waals surface area (Å²) in [5.74, 6) is 0. The fraction of sp³-hybridized carbons (Fsp3) is 0.368. The van der Waals surface area contributed by atoms with Crippen LogP contribution in [-0.4, -0.2) is 5.11 Å². The van der Waals surface area contributed by atoms with E-state index in [0.717, 1.165) is 0 Å². The average molecular weight is 376 g/mol. The third kappa shape index (κ3) is 3.87. The predicted octanol–water partition coefficient (Wildman–Crippen LogP) is 5.59. The van der Waals surface area contributed by atoms with Gasteiger partial charge in [-0.3, -0.25) is 0 Å². The third-order valence-corrected chi connectivity index (χ3v) is 4.39. The molecule has 0 unspecified atom stereocenters. The Kier molecular flexibility index (Phi) is 7.08. The second-order valence-electron chi connectivity index (χ2n) is 5.84. The Balaban J connectivity index is 2.57. The summed E-state index contributed by atoms with van der Waals surface area (Å²) in [5.41, 5.74) is -0.528. The van der Waals surface area contributed by atoms with Gasteiger partial charge in [0.2, 0.25) is 0 Å². The normalized spacial score (nSPS) is 11.4. The Bertz CT molecular complexity index is 648. The smallest absolute Gasteiger partial charge is 0.115 e. The van der Waals surface area contributed by atoms with E-state index >= 15 is 0 Å².